The molecule has 1 rings (SSSR count). The summed E-state index contributed by atoms with van der Waals surface area (Å²) in [6.45, 7) is 1.57. The maximum atomic E-state index is 11.5. The number of hydrogen-bond donors (Lipinski definition) is 2. The summed E-state index contributed by atoms with van der Waals surface area (Å²) >= 11 is 0. The van der Waals surface area contributed by atoms with E-state index in [1.807, 2.05) is 12.1 Å². The van der Waals surface area contributed by atoms with Crippen LogP contribution in [0, 0.1) is 0 Å². The van der Waals surface area contributed by atoms with Crippen LogP contribution in [0.5, 0.6) is 0 Å². The normalized spacial score (nSPS) is 10.1. The van der Waals surface area contributed by atoms with Gasteiger partial charge in [0.15, 0.2) is 6.61 Å². The molecule has 0 aliphatic heterocycles. The maximum absolute atomic E-state index is 11.5. The molecule has 98 valence electrons. The molecule has 0 aliphatic rings. The number of rotatable bonds is 7. The van der Waals surface area contributed by atoms with Gasteiger partial charge in [-0.1, -0.05) is 25.5 Å². The van der Waals surface area contributed by atoms with Gasteiger partial charge in [-0.2, -0.15) is 0 Å². The minimum absolute atomic E-state index is 0.445. The van der Waals surface area contributed by atoms with Crippen LogP contribution in [-0.4, -0.2) is 23.6 Å². The molecule has 0 saturated carbocycles. The number of carboxylic acids is 1. The van der Waals surface area contributed by atoms with Crippen molar-refractivity contribution in [2.45, 2.75) is 26.2 Å². The summed E-state index contributed by atoms with van der Waals surface area (Å²) in [5.41, 5.74) is 3.70. The van der Waals surface area contributed by atoms with E-state index in [1.54, 1.807) is 12.1 Å². The molecule has 0 spiro atoms. The first-order chi connectivity index (χ1) is 8.63. The van der Waals surface area contributed by atoms with Gasteiger partial charge in [0.1, 0.15) is 0 Å². The van der Waals surface area contributed by atoms with Crippen LogP contribution in [-0.2, 0) is 16.1 Å². The van der Waals surface area contributed by atoms with Crippen LogP contribution in [0.15, 0.2) is 24.3 Å². The molecule has 0 aromatic heterocycles. The topological polar surface area (TPSA) is 75.6 Å². The van der Waals surface area contributed by atoms with Crippen LogP contribution in [0.1, 0.15) is 35.7 Å². The summed E-state index contributed by atoms with van der Waals surface area (Å²) in [6.07, 6.45) is 3.24. The number of benzene rings is 1. The summed E-state index contributed by atoms with van der Waals surface area (Å²) in [6, 6.07) is 7.18. The minimum atomic E-state index is -1.13. The Morgan fingerprint density at radius 1 is 1.28 bits per heavy atom. The molecule has 0 heterocycles. The number of carboxylic acid groups (broad SMARTS) is 1. The van der Waals surface area contributed by atoms with E-state index in [-0.39, 0.29) is 0 Å². The summed E-state index contributed by atoms with van der Waals surface area (Å²) < 4.78 is 0. The van der Waals surface area contributed by atoms with E-state index >= 15 is 0 Å². The second-order valence-electron chi connectivity index (χ2n) is 3.91. The van der Waals surface area contributed by atoms with E-state index in [9.17, 15) is 9.59 Å². The Morgan fingerprint density at radius 3 is 2.50 bits per heavy atom. The molecule has 1 amide bonds. The SMILES string of the molecule is CCCCc1ccc(C(=O)NOCC(=O)O)cc1. The lowest BCUT2D eigenvalue weighted by Crippen LogP contribution is -2.26. The molecule has 2 N–H and O–H groups in total. The van der Waals surface area contributed by atoms with Crippen molar-refractivity contribution in [3.63, 3.8) is 0 Å². The van der Waals surface area contributed by atoms with Gasteiger partial charge in [0.05, 0.1) is 0 Å². The molecule has 1 aromatic rings. The van der Waals surface area contributed by atoms with Gasteiger partial charge in [-0.25, -0.2) is 10.3 Å². The lowest BCUT2D eigenvalue weighted by Gasteiger charge is -2.05. The summed E-state index contributed by atoms with van der Waals surface area (Å²) in [4.78, 5) is 26.2. The molecule has 0 aliphatic carbocycles. The van der Waals surface area contributed by atoms with Crippen molar-refractivity contribution in [3.8, 4) is 0 Å². The smallest absolute Gasteiger partial charge is 0.332 e. The van der Waals surface area contributed by atoms with Crippen LogP contribution in [0.4, 0.5) is 0 Å². The van der Waals surface area contributed by atoms with Crippen molar-refractivity contribution in [1.29, 1.82) is 0 Å². The molecule has 0 unspecified atom stereocenters. The Bertz CT molecular complexity index is 400. The lowest BCUT2D eigenvalue weighted by molar-refractivity contribution is -0.144. The molecule has 0 bridgehead atoms. The van der Waals surface area contributed by atoms with Gasteiger partial charge < -0.3 is 5.11 Å². The van der Waals surface area contributed by atoms with E-state index in [1.165, 1.54) is 5.56 Å². The van der Waals surface area contributed by atoms with Crippen molar-refractivity contribution in [3.05, 3.63) is 35.4 Å². The molecular weight excluding hydrogens is 234 g/mol. The predicted octanol–water partition coefficient (Wildman–Crippen LogP) is 1.78. The molecular formula is C13H17NO4. The molecule has 1 aromatic carbocycles. The van der Waals surface area contributed by atoms with Gasteiger partial charge in [0, 0.05) is 5.56 Å². The Morgan fingerprint density at radius 2 is 1.94 bits per heavy atom. The van der Waals surface area contributed by atoms with Crippen molar-refractivity contribution in [2.24, 2.45) is 0 Å². The number of unbranched alkanes of at least 4 members (excludes halogenated alkanes) is 1. The van der Waals surface area contributed by atoms with E-state index in [4.69, 9.17) is 5.11 Å². The highest BCUT2D eigenvalue weighted by atomic mass is 16.7. The minimum Gasteiger partial charge on any atom is -0.479 e. The highest BCUT2D eigenvalue weighted by Crippen LogP contribution is 2.07. The quantitative estimate of drug-likeness (QED) is 0.724. The van der Waals surface area contributed by atoms with Crippen LogP contribution in [0.25, 0.3) is 0 Å². The average Bonchev–Trinajstić information content (AvgIpc) is 2.36. The average molecular weight is 251 g/mol. The van der Waals surface area contributed by atoms with Gasteiger partial charge in [-0.15, -0.1) is 0 Å². The van der Waals surface area contributed by atoms with Gasteiger partial charge in [-0.3, -0.25) is 9.63 Å². The first-order valence-corrected chi connectivity index (χ1v) is 5.86. The third kappa shape index (κ3) is 4.97. The Kier molecular flexibility index (Phi) is 5.87. The van der Waals surface area contributed by atoms with Crippen molar-refractivity contribution >= 4 is 11.9 Å². The number of hydroxylamine groups is 1. The van der Waals surface area contributed by atoms with E-state index < -0.39 is 18.5 Å². The summed E-state index contributed by atoms with van der Waals surface area (Å²) in [7, 11) is 0. The summed E-state index contributed by atoms with van der Waals surface area (Å²) in [5, 5.41) is 8.34. The van der Waals surface area contributed by atoms with E-state index in [0.29, 0.717) is 5.56 Å². The third-order valence-corrected chi connectivity index (χ3v) is 2.40. The number of hydrogen-bond acceptors (Lipinski definition) is 3. The van der Waals surface area contributed by atoms with Crippen LogP contribution < -0.4 is 5.48 Å². The van der Waals surface area contributed by atoms with Gasteiger partial charge in [-0.05, 0) is 30.5 Å². The Labute approximate surface area is 106 Å². The summed E-state index contributed by atoms with van der Waals surface area (Å²) in [5.74, 6) is -1.58. The maximum Gasteiger partial charge on any atom is 0.332 e. The number of nitrogens with one attached hydrogen (secondary N) is 1. The Hall–Kier alpha value is -1.88. The zero-order chi connectivity index (χ0) is 13.4. The number of aryl methyl sites for hydroxylation is 1. The van der Waals surface area contributed by atoms with Crippen molar-refractivity contribution in [2.75, 3.05) is 6.61 Å². The third-order valence-electron chi connectivity index (χ3n) is 2.40. The second-order valence-corrected chi connectivity index (χ2v) is 3.91. The number of carbonyl (C=O) groups excluding carboxylic acids is 1. The number of carbonyl (C=O) groups is 2. The monoisotopic (exact) mass is 251 g/mol. The number of amides is 1. The van der Waals surface area contributed by atoms with Gasteiger partial charge in [0.2, 0.25) is 0 Å². The van der Waals surface area contributed by atoms with Gasteiger partial charge >= 0.3 is 5.97 Å². The first-order valence-electron chi connectivity index (χ1n) is 5.86. The molecule has 0 atom stereocenters. The Balaban J connectivity index is 2.46. The number of aliphatic carboxylic acids is 1. The van der Waals surface area contributed by atoms with Gasteiger partial charge in [0.25, 0.3) is 5.91 Å². The van der Waals surface area contributed by atoms with Crippen LogP contribution in [0.2, 0.25) is 0 Å². The van der Waals surface area contributed by atoms with Crippen molar-refractivity contribution < 1.29 is 19.5 Å². The molecule has 0 radical (unpaired) electrons. The molecule has 18 heavy (non-hydrogen) atoms. The molecule has 0 saturated heterocycles. The fraction of sp³-hybridized carbons (Fsp3) is 0.385. The second kappa shape index (κ2) is 7.45. The molecule has 5 heteroatoms. The largest absolute Gasteiger partial charge is 0.479 e. The predicted molar refractivity (Wildman–Crippen MR) is 66.1 cm³/mol. The lowest BCUT2D eigenvalue weighted by atomic mass is 10.1. The standard InChI is InChI=1S/C13H17NO4/c1-2-3-4-10-5-7-11(8-6-10)13(17)14-18-9-12(15)16/h5-8H,2-4,9H2,1H3,(H,14,17)(H,15,16). The zero-order valence-corrected chi connectivity index (χ0v) is 10.3. The highest BCUT2D eigenvalue weighted by molar-refractivity contribution is 5.93. The van der Waals surface area contributed by atoms with Crippen LogP contribution in [0.3, 0.4) is 0 Å². The van der Waals surface area contributed by atoms with E-state index in [0.717, 1.165) is 19.3 Å². The first kappa shape index (κ1) is 14.2. The van der Waals surface area contributed by atoms with Crippen molar-refractivity contribution in [1.82, 2.24) is 5.48 Å². The van der Waals surface area contributed by atoms with E-state index in [2.05, 4.69) is 17.2 Å². The zero-order valence-electron chi connectivity index (χ0n) is 10.3. The van der Waals surface area contributed by atoms with Crippen LogP contribution >= 0.6 is 0 Å². The molecule has 0 fully saturated rings. The highest BCUT2D eigenvalue weighted by Gasteiger charge is 2.06. The fourth-order valence-electron chi connectivity index (χ4n) is 1.43. The fourth-order valence-corrected chi connectivity index (χ4v) is 1.43. The molecule has 5 nitrogen and oxygen atoms in total.